The molecule has 0 aliphatic rings. The molecule has 0 saturated carbocycles. The summed E-state index contributed by atoms with van der Waals surface area (Å²) in [6.45, 7) is 1.93. The molecule has 3 aromatic rings. The van der Waals surface area contributed by atoms with Crippen molar-refractivity contribution < 1.29 is 8.91 Å². The number of hydrogen-bond donors (Lipinski definition) is 2. The Kier molecular flexibility index (Phi) is 2.94. The Balaban J connectivity index is 1.98. The molecule has 0 atom stereocenters. The van der Waals surface area contributed by atoms with Crippen molar-refractivity contribution in [3.63, 3.8) is 0 Å². The molecule has 0 aliphatic heterocycles. The van der Waals surface area contributed by atoms with E-state index in [1.54, 1.807) is 25.3 Å². The maximum Gasteiger partial charge on any atom is 0.245 e. The van der Waals surface area contributed by atoms with Crippen LogP contribution in [0, 0.1) is 12.7 Å². The zero-order valence-corrected chi connectivity index (χ0v) is 10.7. The Bertz CT molecular complexity index is 771. The SMILES string of the molecule is Cc1noc(CNc2c(F)cc(N)c3cccnc23)n1. The second-order valence-electron chi connectivity index (χ2n) is 4.31. The van der Waals surface area contributed by atoms with Gasteiger partial charge < -0.3 is 15.6 Å². The van der Waals surface area contributed by atoms with Crippen LogP contribution in [0.3, 0.4) is 0 Å². The summed E-state index contributed by atoms with van der Waals surface area (Å²) in [6.07, 6.45) is 1.59. The first kappa shape index (κ1) is 12.3. The number of nitrogens with one attached hydrogen (secondary N) is 1. The molecule has 0 spiro atoms. The predicted octanol–water partition coefficient (Wildman–Crippen LogP) is 2.26. The van der Waals surface area contributed by atoms with Crippen LogP contribution in [-0.4, -0.2) is 15.1 Å². The summed E-state index contributed by atoms with van der Waals surface area (Å²) in [5.74, 6) is 0.440. The third-order valence-corrected chi connectivity index (χ3v) is 2.86. The number of hydrogen-bond acceptors (Lipinski definition) is 6. The Hall–Kier alpha value is -2.70. The number of fused-ring (bicyclic) bond motifs is 1. The summed E-state index contributed by atoms with van der Waals surface area (Å²) >= 11 is 0. The summed E-state index contributed by atoms with van der Waals surface area (Å²) in [5.41, 5.74) is 6.88. The first-order valence-corrected chi connectivity index (χ1v) is 6.01. The molecule has 0 fully saturated rings. The molecule has 0 bridgehead atoms. The van der Waals surface area contributed by atoms with E-state index in [0.717, 1.165) is 0 Å². The number of halogens is 1. The zero-order valence-electron chi connectivity index (χ0n) is 10.7. The van der Waals surface area contributed by atoms with E-state index < -0.39 is 5.82 Å². The number of aryl methyl sites for hydroxylation is 1. The Labute approximate surface area is 113 Å². The highest BCUT2D eigenvalue weighted by atomic mass is 19.1. The van der Waals surface area contributed by atoms with Crippen LogP contribution in [0.1, 0.15) is 11.7 Å². The molecule has 2 aromatic heterocycles. The lowest BCUT2D eigenvalue weighted by Gasteiger charge is -2.10. The minimum absolute atomic E-state index is 0.216. The van der Waals surface area contributed by atoms with Gasteiger partial charge in [-0.2, -0.15) is 4.98 Å². The van der Waals surface area contributed by atoms with Gasteiger partial charge in [0.05, 0.1) is 17.7 Å². The molecule has 2 heterocycles. The zero-order chi connectivity index (χ0) is 14.1. The largest absolute Gasteiger partial charge is 0.398 e. The smallest absolute Gasteiger partial charge is 0.245 e. The number of anilines is 2. The highest BCUT2D eigenvalue weighted by molar-refractivity contribution is 5.98. The number of pyridine rings is 1. The van der Waals surface area contributed by atoms with Gasteiger partial charge in [0.2, 0.25) is 5.89 Å². The molecule has 0 radical (unpaired) electrons. The van der Waals surface area contributed by atoms with Crippen LogP contribution in [0.25, 0.3) is 10.9 Å². The molecule has 102 valence electrons. The highest BCUT2D eigenvalue weighted by Crippen LogP contribution is 2.29. The van der Waals surface area contributed by atoms with Gasteiger partial charge >= 0.3 is 0 Å². The quantitative estimate of drug-likeness (QED) is 0.711. The van der Waals surface area contributed by atoms with Gasteiger partial charge in [0.25, 0.3) is 0 Å². The van der Waals surface area contributed by atoms with Crippen LogP contribution >= 0.6 is 0 Å². The third kappa shape index (κ3) is 2.13. The summed E-state index contributed by atoms with van der Waals surface area (Å²) in [4.78, 5) is 8.22. The second kappa shape index (κ2) is 4.76. The Morgan fingerprint density at radius 1 is 1.45 bits per heavy atom. The molecule has 1 aromatic carbocycles. The Morgan fingerprint density at radius 3 is 3.05 bits per heavy atom. The van der Waals surface area contributed by atoms with Gasteiger partial charge in [0, 0.05) is 17.3 Å². The number of benzene rings is 1. The van der Waals surface area contributed by atoms with Crippen LogP contribution in [0.2, 0.25) is 0 Å². The Morgan fingerprint density at radius 2 is 2.30 bits per heavy atom. The van der Waals surface area contributed by atoms with E-state index in [4.69, 9.17) is 10.3 Å². The summed E-state index contributed by atoms with van der Waals surface area (Å²) in [6, 6.07) is 4.81. The first-order valence-electron chi connectivity index (χ1n) is 6.01. The maximum atomic E-state index is 14.0. The normalized spacial score (nSPS) is 10.9. The van der Waals surface area contributed by atoms with Gasteiger partial charge in [-0.25, -0.2) is 4.39 Å². The van der Waals surface area contributed by atoms with Crippen molar-refractivity contribution >= 4 is 22.3 Å². The van der Waals surface area contributed by atoms with Gasteiger partial charge in [-0.15, -0.1) is 0 Å². The lowest BCUT2D eigenvalue weighted by molar-refractivity contribution is 0.379. The molecule has 0 aliphatic carbocycles. The lowest BCUT2D eigenvalue weighted by atomic mass is 10.1. The monoisotopic (exact) mass is 273 g/mol. The molecule has 6 nitrogen and oxygen atoms in total. The standard InChI is InChI=1S/C13H12FN5O/c1-7-18-11(20-19-7)6-17-13-9(14)5-10(15)8-3-2-4-16-12(8)13/h2-5,17H,6,15H2,1H3. The lowest BCUT2D eigenvalue weighted by Crippen LogP contribution is -2.04. The minimum atomic E-state index is -0.468. The van der Waals surface area contributed by atoms with E-state index in [2.05, 4.69) is 20.4 Å². The first-order chi connectivity index (χ1) is 9.65. The van der Waals surface area contributed by atoms with E-state index >= 15 is 0 Å². The van der Waals surface area contributed by atoms with Gasteiger partial charge in [-0.3, -0.25) is 4.98 Å². The van der Waals surface area contributed by atoms with Crippen LogP contribution in [0.4, 0.5) is 15.8 Å². The number of aromatic nitrogens is 3. The van der Waals surface area contributed by atoms with Crippen molar-refractivity contribution in [2.45, 2.75) is 13.5 Å². The van der Waals surface area contributed by atoms with E-state index in [1.165, 1.54) is 6.07 Å². The van der Waals surface area contributed by atoms with Gasteiger partial charge in [0.15, 0.2) is 11.6 Å². The molecule has 3 N–H and O–H groups in total. The molecule has 0 amide bonds. The van der Waals surface area contributed by atoms with Crippen molar-refractivity contribution in [1.29, 1.82) is 0 Å². The third-order valence-electron chi connectivity index (χ3n) is 2.86. The maximum absolute atomic E-state index is 14.0. The fourth-order valence-electron chi connectivity index (χ4n) is 1.98. The molecule has 20 heavy (non-hydrogen) atoms. The van der Waals surface area contributed by atoms with Crippen molar-refractivity contribution in [2.24, 2.45) is 0 Å². The van der Waals surface area contributed by atoms with Crippen LogP contribution in [0.15, 0.2) is 28.9 Å². The van der Waals surface area contributed by atoms with E-state index in [9.17, 15) is 4.39 Å². The molecule has 0 unspecified atom stereocenters. The topological polar surface area (TPSA) is 89.9 Å². The summed E-state index contributed by atoms with van der Waals surface area (Å²) in [7, 11) is 0. The average molecular weight is 273 g/mol. The highest BCUT2D eigenvalue weighted by Gasteiger charge is 2.12. The number of nitrogens with two attached hydrogens (primary N) is 1. The van der Waals surface area contributed by atoms with Crippen molar-refractivity contribution in [3.8, 4) is 0 Å². The van der Waals surface area contributed by atoms with Crippen LogP contribution in [-0.2, 0) is 6.54 Å². The van der Waals surface area contributed by atoms with Crippen molar-refractivity contribution in [2.75, 3.05) is 11.1 Å². The number of nitrogen functional groups attached to an aromatic ring is 1. The molecule has 7 heteroatoms. The molecular formula is C13H12FN5O. The molecular weight excluding hydrogens is 261 g/mol. The second-order valence-corrected chi connectivity index (χ2v) is 4.31. The van der Waals surface area contributed by atoms with Gasteiger partial charge in [0.1, 0.15) is 0 Å². The van der Waals surface area contributed by atoms with Crippen molar-refractivity contribution in [3.05, 3.63) is 41.9 Å². The van der Waals surface area contributed by atoms with E-state index in [0.29, 0.717) is 28.3 Å². The molecule has 3 rings (SSSR count). The van der Waals surface area contributed by atoms with Crippen LogP contribution < -0.4 is 11.1 Å². The summed E-state index contributed by atoms with van der Waals surface area (Å²) < 4.78 is 19.0. The van der Waals surface area contributed by atoms with E-state index in [-0.39, 0.29) is 12.2 Å². The number of nitrogens with zero attached hydrogens (tertiary/aromatic N) is 3. The average Bonchev–Trinajstić information content (AvgIpc) is 2.84. The van der Waals surface area contributed by atoms with Gasteiger partial charge in [-0.05, 0) is 25.1 Å². The fraction of sp³-hybridized carbons (Fsp3) is 0.154. The van der Waals surface area contributed by atoms with Crippen molar-refractivity contribution in [1.82, 2.24) is 15.1 Å². The number of rotatable bonds is 3. The predicted molar refractivity (Wildman–Crippen MR) is 72.5 cm³/mol. The van der Waals surface area contributed by atoms with Gasteiger partial charge in [-0.1, -0.05) is 5.16 Å². The van der Waals surface area contributed by atoms with Crippen LogP contribution in [0.5, 0.6) is 0 Å². The van der Waals surface area contributed by atoms with E-state index in [1.807, 2.05) is 0 Å². The minimum Gasteiger partial charge on any atom is -0.398 e. The summed E-state index contributed by atoms with van der Waals surface area (Å²) in [5, 5.41) is 7.29. The molecule has 0 saturated heterocycles. The fourth-order valence-corrected chi connectivity index (χ4v) is 1.98.